The van der Waals surface area contributed by atoms with Gasteiger partial charge in [0.1, 0.15) is 12.1 Å². The standard InChI is InChI=1S/C16H16N4O/c1-21-15-10-14(19-11-20-15)17-9-7-13-5-2-4-12-6-3-8-18-16(12)13/h2-6,8,10-11H,7,9H2,1H3,(H,17,19,20). The predicted octanol–water partition coefficient (Wildman–Crippen LogP) is 2.69. The molecule has 0 saturated carbocycles. The SMILES string of the molecule is COc1cc(NCCc2cccc3cccnc23)ncn1. The number of benzene rings is 1. The summed E-state index contributed by atoms with van der Waals surface area (Å²) in [6.07, 6.45) is 4.19. The molecule has 2 heterocycles. The van der Waals surface area contributed by atoms with Crippen LogP contribution >= 0.6 is 0 Å². The highest BCUT2D eigenvalue weighted by Crippen LogP contribution is 2.16. The van der Waals surface area contributed by atoms with Crippen LogP contribution in [0.15, 0.2) is 48.9 Å². The van der Waals surface area contributed by atoms with Crippen molar-refractivity contribution < 1.29 is 4.74 Å². The molecular formula is C16H16N4O. The Kier molecular flexibility index (Phi) is 3.91. The molecule has 0 fully saturated rings. The average molecular weight is 280 g/mol. The average Bonchev–Trinajstić information content (AvgIpc) is 2.55. The zero-order valence-corrected chi connectivity index (χ0v) is 11.8. The smallest absolute Gasteiger partial charge is 0.218 e. The summed E-state index contributed by atoms with van der Waals surface area (Å²) in [4.78, 5) is 12.6. The second kappa shape index (κ2) is 6.17. The van der Waals surface area contributed by atoms with E-state index < -0.39 is 0 Å². The van der Waals surface area contributed by atoms with E-state index in [0.717, 1.165) is 24.3 Å². The first kappa shape index (κ1) is 13.3. The first-order valence-electron chi connectivity index (χ1n) is 6.79. The summed E-state index contributed by atoms with van der Waals surface area (Å²) in [6.45, 7) is 0.774. The van der Waals surface area contributed by atoms with Crippen molar-refractivity contribution in [1.29, 1.82) is 0 Å². The molecule has 5 heteroatoms. The highest BCUT2D eigenvalue weighted by molar-refractivity contribution is 5.81. The minimum Gasteiger partial charge on any atom is -0.481 e. The lowest BCUT2D eigenvalue weighted by Crippen LogP contribution is -2.07. The monoisotopic (exact) mass is 280 g/mol. The maximum Gasteiger partial charge on any atom is 0.218 e. The minimum atomic E-state index is 0.555. The fourth-order valence-corrected chi connectivity index (χ4v) is 2.24. The lowest BCUT2D eigenvalue weighted by Gasteiger charge is -2.08. The van der Waals surface area contributed by atoms with Crippen molar-refractivity contribution in [3.05, 3.63) is 54.5 Å². The molecule has 1 aromatic carbocycles. The van der Waals surface area contributed by atoms with Crippen molar-refractivity contribution in [2.75, 3.05) is 19.0 Å². The molecule has 5 nitrogen and oxygen atoms in total. The van der Waals surface area contributed by atoms with Gasteiger partial charge in [-0.15, -0.1) is 0 Å². The van der Waals surface area contributed by atoms with E-state index in [1.807, 2.05) is 12.3 Å². The van der Waals surface area contributed by atoms with Crippen LogP contribution in [0.3, 0.4) is 0 Å². The van der Waals surface area contributed by atoms with Crippen molar-refractivity contribution in [1.82, 2.24) is 15.0 Å². The second-order valence-electron chi connectivity index (χ2n) is 4.61. The summed E-state index contributed by atoms with van der Waals surface area (Å²) in [5.41, 5.74) is 2.28. The maximum absolute atomic E-state index is 5.08. The van der Waals surface area contributed by atoms with Crippen molar-refractivity contribution >= 4 is 16.7 Å². The molecule has 1 N–H and O–H groups in total. The number of methoxy groups -OCH3 is 1. The predicted molar refractivity (Wildman–Crippen MR) is 82.5 cm³/mol. The van der Waals surface area contributed by atoms with E-state index in [2.05, 4.69) is 44.5 Å². The van der Waals surface area contributed by atoms with E-state index in [9.17, 15) is 0 Å². The third-order valence-corrected chi connectivity index (χ3v) is 3.27. The molecule has 0 aliphatic heterocycles. The van der Waals surface area contributed by atoms with Crippen LogP contribution in [0.5, 0.6) is 5.88 Å². The van der Waals surface area contributed by atoms with Gasteiger partial charge in [-0.3, -0.25) is 4.98 Å². The largest absolute Gasteiger partial charge is 0.481 e. The summed E-state index contributed by atoms with van der Waals surface area (Å²) >= 11 is 0. The summed E-state index contributed by atoms with van der Waals surface area (Å²) < 4.78 is 5.08. The molecule has 0 radical (unpaired) electrons. The van der Waals surface area contributed by atoms with Crippen molar-refractivity contribution in [2.24, 2.45) is 0 Å². The number of anilines is 1. The fraction of sp³-hybridized carbons (Fsp3) is 0.188. The van der Waals surface area contributed by atoms with Gasteiger partial charge in [-0.2, -0.15) is 0 Å². The number of aromatic nitrogens is 3. The van der Waals surface area contributed by atoms with Gasteiger partial charge in [0, 0.05) is 24.2 Å². The van der Waals surface area contributed by atoms with Gasteiger partial charge in [0.05, 0.1) is 12.6 Å². The van der Waals surface area contributed by atoms with Crippen LogP contribution in [0.4, 0.5) is 5.82 Å². The third kappa shape index (κ3) is 3.08. The fourth-order valence-electron chi connectivity index (χ4n) is 2.24. The van der Waals surface area contributed by atoms with Gasteiger partial charge >= 0.3 is 0 Å². The molecule has 106 valence electrons. The number of hydrogen-bond acceptors (Lipinski definition) is 5. The van der Waals surface area contributed by atoms with Gasteiger partial charge in [-0.05, 0) is 18.1 Å². The van der Waals surface area contributed by atoms with E-state index in [0.29, 0.717) is 5.88 Å². The van der Waals surface area contributed by atoms with Crippen LogP contribution in [0, 0.1) is 0 Å². The third-order valence-electron chi connectivity index (χ3n) is 3.27. The van der Waals surface area contributed by atoms with E-state index in [1.165, 1.54) is 17.3 Å². The molecule has 21 heavy (non-hydrogen) atoms. The molecule has 0 aliphatic carbocycles. The van der Waals surface area contributed by atoms with Crippen LogP contribution in [0.1, 0.15) is 5.56 Å². The van der Waals surface area contributed by atoms with Crippen molar-refractivity contribution in [3.8, 4) is 5.88 Å². The van der Waals surface area contributed by atoms with Crippen LogP contribution in [-0.4, -0.2) is 28.6 Å². The Morgan fingerprint density at radius 1 is 1.10 bits per heavy atom. The Morgan fingerprint density at radius 3 is 2.90 bits per heavy atom. The molecule has 0 saturated heterocycles. The number of ether oxygens (including phenoxy) is 1. The van der Waals surface area contributed by atoms with Crippen LogP contribution < -0.4 is 10.1 Å². The molecule has 0 bridgehead atoms. The van der Waals surface area contributed by atoms with Gasteiger partial charge in [-0.25, -0.2) is 9.97 Å². The first-order chi connectivity index (χ1) is 10.4. The number of para-hydroxylation sites is 1. The molecule has 0 aliphatic rings. The summed E-state index contributed by atoms with van der Waals surface area (Å²) in [6, 6.07) is 12.1. The number of fused-ring (bicyclic) bond motifs is 1. The van der Waals surface area contributed by atoms with Gasteiger partial charge in [0.25, 0.3) is 0 Å². The van der Waals surface area contributed by atoms with E-state index >= 15 is 0 Å². The summed E-state index contributed by atoms with van der Waals surface area (Å²) in [7, 11) is 1.59. The zero-order chi connectivity index (χ0) is 14.5. The molecular weight excluding hydrogens is 264 g/mol. The molecule has 0 spiro atoms. The molecule has 2 aromatic heterocycles. The zero-order valence-electron chi connectivity index (χ0n) is 11.8. The highest BCUT2D eigenvalue weighted by Gasteiger charge is 2.02. The first-order valence-corrected chi connectivity index (χ1v) is 6.79. The Balaban J connectivity index is 1.69. The molecule has 0 atom stereocenters. The quantitative estimate of drug-likeness (QED) is 0.778. The van der Waals surface area contributed by atoms with Gasteiger partial charge in [0.2, 0.25) is 5.88 Å². The van der Waals surface area contributed by atoms with Crippen molar-refractivity contribution in [2.45, 2.75) is 6.42 Å². The molecule has 3 rings (SSSR count). The van der Waals surface area contributed by atoms with Gasteiger partial charge < -0.3 is 10.1 Å². The minimum absolute atomic E-state index is 0.555. The topological polar surface area (TPSA) is 59.9 Å². The van der Waals surface area contributed by atoms with Gasteiger partial charge in [0.15, 0.2) is 0 Å². The maximum atomic E-state index is 5.08. The Morgan fingerprint density at radius 2 is 2.00 bits per heavy atom. The van der Waals surface area contributed by atoms with Crippen molar-refractivity contribution in [3.63, 3.8) is 0 Å². The Hall–Kier alpha value is -2.69. The number of hydrogen-bond donors (Lipinski definition) is 1. The van der Waals surface area contributed by atoms with Gasteiger partial charge in [-0.1, -0.05) is 24.3 Å². The van der Waals surface area contributed by atoms with Crippen LogP contribution in [0.2, 0.25) is 0 Å². The number of pyridine rings is 1. The number of rotatable bonds is 5. The Bertz CT molecular complexity index is 740. The highest BCUT2D eigenvalue weighted by atomic mass is 16.5. The molecule has 0 amide bonds. The number of nitrogens with zero attached hydrogens (tertiary/aromatic N) is 3. The second-order valence-corrected chi connectivity index (χ2v) is 4.61. The van der Waals surface area contributed by atoms with E-state index in [4.69, 9.17) is 4.74 Å². The van der Waals surface area contributed by atoms with E-state index in [1.54, 1.807) is 13.2 Å². The summed E-state index contributed by atoms with van der Waals surface area (Å²) in [5.74, 6) is 1.31. The lowest BCUT2D eigenvalue weighted by atomic mass is 10.1. The normalized spacial score (nSPS) is 10.5. The molecule has 0 unspecified atom stereocenters. The number of nitrogens with one attached hydrogen (secondary N) is 1. The summed E-state index contributed by atoms with van der Waals surface area (Å²) in [5, 5.41) is 4.44. The Labute approximate surface area is 123 Å². The lowest BCUT2D eigenvalue weighted by molar-refractivity contribution is 0.397. The van der Waals surface area contributed by atoms with E-state index in [-0.39, 0.29) is 0 Å². The molecule has 3 aromatic rings. The van der Waals surface area contributed by atoms with Crippen LogP contribution in [0.25, 0.3) is 10.9 Å². The van der Waals surface area contributed by atoms with Crippen LogP contribution in [-0.2, 0) is 6.42 Å².